The molecule has 0 spiro atoms. The van der Waals surface area contributed by atoms with Crippen LogP contribution >= 0.6 is 38.9 Å². The minimum Gasteiger partial charge on any atom is -0.314 e. The maximum Gasteiger partial charge on any atom is 0.250 e. The first-order valence-corrected chi connectivity index (χ1v) is 9.14. The van der Waals surface area contributed by atoms with Crippen molar-refractivity contribution in [2.45, 2.75) is 29.5 Å². The lowest BCUT2D eigenvalue weighted by atomic mass is 10.2. The van der Waals surface area contributed by atoms with Crippen LogP contribution < -0.4 is 10.0 Å². The molecule has 0 saturated carbocycles. The van der Waals surface area contributed by atoms with E-state index in [2.05, 4.69) is 26.0 Å². The Balaban J connectivity index is 1.90. The van der Waals surface area contributed by atoms with E-state index in [1.165, 1.54) is 12.5 Å². The standard InChI is InChI=1S/C10H14BrClN2O2S2/c11-10-8(12)6-9(17-10)18(15,16)14-5-3-7-2-1-4-13-7/h6-7,13-14H,1-5H2/t7-/m0/s1. The van der Waals surface area contributed by atoms with Crippen LogP contribution in [0.2, 0.25) is 5.02 Å². The summed E-state index contributed by atoms with van der Waals surface area (Å²) in [4.78, 5) is 0. The highest BCUT2D eigenvalue weighted by Gasteiger charge is 2.20. The molecule has 1 aliphatic heterocycles. The number of halogens is 2. The molecule has 1 saturated heterocycles. The quantitative estimate of drug-likeness (QED) is 0.834. The smallest absolute Gasteiger partial charge is 0.250 e. The maximum absolute atomic E-state index is 12.0. The Bertz CT molecular complexity index is 492. The predicted molar refractivity (Wildman–Crippen MR) is 77.9 cm³/mol. The second-order valence-electron chi connectivity index (χ2n) is 4.17. The molecule has 1 atom stereocenters. The van der Waals surface area contributed by atoms with Crippen LogP contribution in [0.3, 0.4) is 0 Å². The van der Waals surface area contributed by atoms with Crippen molar-refractivity contribution in [2.24, 2.45) is 0 Å². The van der Waals surface area contributed by atoms with Crippen LogP contribution in [0.15, 0.2) is 14.1 Å². The van der Waals surface area contributed by atoms with Crippen LogP contribution in [0.1, 0.15) is 19.3 Å². The van der Waals surface area contributed by atoms with Crippen LogP contribution in [0.25, 0.3) is 0 Å². The van der Waals surface area contributed by atoms with Crippen molar-refractivity contribution in [1.82, 2.24) is 10.0 Å². The van der Waals surface area contributed by atoms with Crippen molar-refractivity contribution in [1.29, 1.82) is 0 Å². The molecule has 18 heavy (non-hydrogen) atoms. The Labute approximate surface area is 124 Å². The summed E-state index contributed by atoms with van der Waals surface area (Å²) < 4.78 is 27.4. The van der Waals surface area contributed by atoms with Gasteiger partial charge in [-0.3, -0.25) is 0 Å². The van der Waals surface area contributed by atoms with E-state index < -0.39 is 10.0 Å². The Morgan fingerprint density at radius 3 is 2.94 bits per heavy atom. The fourth-order valence-electron chi connectivity index (χ4n) is 1.90. The van der Waals surface area contributed by atoms with Gasteiger partial charge in [0.1, 0.15) is 4.21 Å². The van der Waals surface area contributed by atoms with E-state index in [-0.39, 0.29) is 4.21 Å². The van der Waals surface area contributed by atoms with Gasteiger partial charge in [-0.15, -0.1) is 11.3 Å². The fraction of sp³-hybridized carbons (Fsp3) is 0.600. The number of sulfonamides is 1. The molecule has 1 fully saturated rings. The highest BCUT2D eigenvalue weighted by Crippen LogP contribution is 2.34. The van der Waals surface area contributed by atoms with Crippen LogP contribution in [0.5, 0.6) is 0 Å². The van der Waals surface area contributed by atoms with Crippen molar-refractivity contribution in [2.75, 3.05) is 13.1 Å². The molecular weight excluding hydrogens is 360 g/mol. The van der Waals surface area contributed by atoms with E-state index in [4.69, 9.17) is 11.6 Å². The zero-order valence-electron chi connectivity index (χ0n) is 9.58. The normalized spacial score (nSPS) is 20.4. The highest BCUT2D eigenvalue weighted by atomic mass is 79.9. The lowest BCUT2D eigenvalue weighted by Gasteiger charge is -2.10. The molecule has 0 aromatic carbocycles. The van der Waals surface area contributed by atoms with E-state index in [1.54, 1.807) is 0 Å². The Morgan fingerprint density at radius 1 is 1.61 bits per heavy atom. The first-order chi connectivity index (χ1) is 8.49. The van der Waals surface area contributed by atoms with Crippen molar-refractivity contribution in [3.8, 4) is 0 Å². The molecule has 1 aromatic heterocycles. The topological polar surface area (TPSA) is 58.2 Å². The number of nitrogens with one attached hydrogen (secondary N) is 2. The largest absolute Gasteiger partial charge is 0.314 e. The molecule has 0 aliphatic carbocycles. The molecule has 8 heteroatoms. The van der Waals surface area contributed by atoms with E-state index in [9.17, 15) is 8.42 Å². The molecule has 4 nitrogen and oxygen atoms in total. The Morgan fingerprint density at radius 2 is 2.39 bits per heavy atom. The van der Waals surface area contributed by atoms with E-state index in [0.29, 0.717) is 21.4 Å². The first kappa shape index (κ1) is 14.7. The Hall–Kier alpha value is 0.340. The zero-order chi connectivity index (χ0) is 13.2. The van der Waals surface area contributed by atoms with Gasteiger partial charge in [-0.1, -0.05) is 11.6 Å². The third-order valence-electron chi connectivity index (χ3n) is 2.83. The van der Waals surface area contributed by atoms with E-state index >= 15 is 0 Å². The minimum absolute atomic E-state index is 0.249. The fourth-order valence-corrected chi connectivity index (χ4v) is 5.39. The van der Waals surface area contributed by atoms with Crippen molar-refractivity contribution in [3.05, 3.63) is 14.9 Å². The average Bonchev–Trinajstić information content (AvgIpc) is 2.90. The van der Waals surface area contributed by atoms with E-state index in [0.717, 1.165) is 30.7 Å². The second kappa shape index (κ2) is 6.19. The predicted octanol–water partition coefficient (Wildman–Crippen LogP) is 2.58. The third-order valence-corrected chi connectivity index (χ3v) is 7.24. The van der Waals surface area contributed by atoms with Crippen molar-refractivity contribution in [3.63, 3.8) is 0 Å². The van der Waals surface area contributed by atoms with Gasteiger partial charge in [0.25, 0.3) is 0 Å². The number of hydrogen-bond donors (Lipinski definition) is 2. The molecule has 0 unspecified atom stereocenters. The molecule has 0 amide bonds. The Kier molecular flexibility index (Phi) is 5.07. The number of rotatable bonds is 5. The van der Waals surface area contributed by atoms with Gasteiger partial charge in [-0.2, -0.15) is 0 Å². The summed E-state index contributed by atoms with van der Waals surface area (Å²) in [5.74, 6) is 0. The summed E-state index contributed by atoms with van der Waals surface area (Å²) in [5.41, 5.74) is 0. The highest BCUT2D eigenvalue weighted by molar-refractivity contribution is 9.11. The van der Waals surface area contributed by atoms with Crippen molar-refractivity contribution >= 4 is 48.9 Å². The van der Waals surface area contributed by atoms with Gasteiger partial charge in [-0.25, -0.2) is 13.1 Å². The molecular formula is C10H14BrClN2O2S2. The lowest BCUT2D eigenvalue weighted by molar-refractivity contribution is 0.540. The molecule has 1 aromatic rings. The summed E-state index contributed by atoms with van der Waals surface area (Å²) in [6, 6.07) is 1.90. The molecule has 102 valence electrons. The van der Waals surface area contributed by atoms with Crippen LogP contribution in [-0.4, -0.2) is 27.5 Å². The van der Waals surface area contributed by atoms with Gasteiger partial charge in [0.2, 0.25) is 10.0 Å². The first-order valence-electron chi connectivity index (χ1n) is 5.67. The SMILES string of the molecule is O=S(=O)(NCC[C@@H]1CCCN1)c1cc(Cl)c(Br)s1. The molecule has 1 aliphatic rings. The van der Waals surface area contributed by atoms with Crippen LogP contribution in [0.4, 0.5) is 0 Å². The van der Waals surface area contributed by atoms with Crippen LogP contribution in [0, 0.1) is 0 Å². The van der Waals surface area contributed by atoms with Crippen molar-refractivity contribution < 1.29 is 8.42 Å². The van der Waals surface area contributed by atoms with Gasteiger partial charge in [0.05, 0.1) is 8.81 Å². The van der Waals surface area contributed by atoms with Gasteiger partial charge >= 0.3 is 0 Å². The third kappa shape index (κ3) is 3.68. The number of thiophene rings is 1. The monoisotopic (exact) mass is 372 g/mol. The molecule has 0 radical (unpaired) electrons. The van der Waals surface area contributed by atoms with Gasteiger partial charge in [0, 0.05) is 12.6 Å². The summed E-state index contributed by atoms with van der Waals surface area (Å²) in [7, 11) is -3.43. The molecule has 0 bridgehead atoms. The lowest BCUT2D eigenvalue weighted by Crippen LogP contribution is -2.30. The molecule has 2 heterocycles. The summed E-state index contributed by atoms with van der Waals surface area (Å²) in [5, 5.41) is 3.76. The second-order valence-corrected chi connectivity index (χ2v) is 8.94. The number of hydrogen-bond acceptors (Lipinski definition) is 4. The van der Waals surface area contributed by atoms with E-state index in [1.807, 2.05) is 0 Å². The minimum atomic E-state index is -3.43. The zero-order valence-corrected chi connectivity index (χ0v) is 13.6. The van der Waals surface area contributed by atoms with Crippen LogP contribution in [-0.2, 0) is 10.0 Å². The summed E-state index contributed by atoms with van der Waals surface area (Å²) in [6.45, 7) is 1.48. The maximum atomic E-state index is 12.0. The summed E-state index contributed by atoms with van der Waals surface area (Å²) in [6.07, 6.45) is 3.11. The average molecular weight is 374 g/mol. The molecule has 2 N–H and O–H groups in total. The van der Waals surface area contributed by atoms with Gasteiger partial charge in [0.15, 0.2) is 0 Å². The summed E-state index contributed by atoms with van der Waals surface area (Å²) >= 11 is 10.2. The molecule has 2 rings (SSSR count). The van der Waals surface area contributed by atoms with Gasteiger partial charge < -0.3 is 5.32 Å². The van der Waals surface area contributed by atoms with Gasteiger partial charge in [-0.05, 0) is 47.8 Å².